The smallest absolute Gasteiger partial charge is 0.246 e. The highest BCUT2D eigenvalue weighted by molar-refractivity contribution is 7.14. The van der Waals surface area contributed by atoms with E-state index in [1.54, 1.807) is 30.3 Å². The van der Waals surface area contributed by atoms with Gasteiger partial charge >= 0.3 is 0 Å². The largest absolute Gasteiger partial charge is 0.496 e. The topological polar surface area (TPSA) is 129 Å². The molecule has 3 aromatic carbocycles. The molecule has 6 aromatic rings. The maximum Gasteiger partial charge on any atom is 0.246 e. The molecule has 0 radical (unpaired) electrons. The molecule has 11 heteroatoms. The Bertz CT molecular complexity index is 2360. The van der Waals surface area contributed by atoms with Crippen LogP contribution >= 0.6 is 11.3 Å². The number of carbonyl (C=O) groups excluding carboxylic acids is 3. The van der Waals surface area contributed by atoms with Gasteiger partial charge in [-0.3, -0.25) is 14.4 Å². The van der Waals surface area contributed by atoms with Gasteiger partial charge in [-0.25, -0.2) is 19.9 Å². The number of methoxy groups -OCH3 is 1. The number of nitrogens with one attached hydrogen (secondary N) is 1. The summed E-state index contributed by atoms with van der Waals surface area (Å²) in [5.41, 5.74) is 6.75. The highest BCUT2D eigenvalue weighted by Crippen LogP contribution is 2.32. The van der Waals surface area contributed by atoms with Gasteiger partial charge in [0.2, 0.25) is 5.91 Å². The predicted octanol–water partition coefficient (Wildman–Crippen LogP) is 5.03. The van der Waals surface area contributed by atoms with E-state index in [1.165, 1.54) is 17.7 Å². The van der Waals surface area contributed by atoms with E-state index in [4.69, 9.17) is 4.74 Å². The Morgan fingerprint density at radius 3 is 2.52 bits per heavy atom. The average Bonchev–Trinajstić information content (AvgIpc) is 3.75. The molecule has 3 aromatic heterocycles. The second kappa shape index (κ2) is 12.8. The van der Waals surface area contributed by atoms with Crippen molar-refractivity contribution in [2.75, 3.05) is 12.4 Å². The third-order valence-electron chi connectivity index (χ3n) is 8.59. The Morgan fingerprint density at radius 1 is 0.938 bits per heavy atom. The Morgan fingerprint density at radius 2 is 1.71 bits per heavy atom. The molecule has 0 aliphatic heterocycles. The molecule has 8 rings (SSSR count). The van der Waals surface area contributed by atoms with Crippen molar-refractivity contribution in [3.63, 3.8) is 0 Å². The number of aromatic nitrogens is 5. The number of para-hydroxylation sites is 1. The van der Waals surface area contributed by atoms with Crippen LogP contribution in [0.5, 0.6) is 5.75 Å². The lowest BCUT2D eigenvalue weighted by Gasteiger charge is -2.23. The fourth-order valence-corrected chi connectivity index (χ4v) is 6.91. The Labute approximate surface area is 279 Å². The SMILES string of the molecule is CC1C=c2c(ccc3c2=CC(=O)c2ccccc2-3)C(C)C1=O.COc1ccccc1-c1csc(NC(=O)Cn2cnc3ncncc32)n1. The van der Waals surface area contributed by atoms with Crippen LogP contribution in [0.1, 0.15) is 35.7 Å². The van der Waals surface area contributed by atoms with E-state index in [9.17, 15) is 14.4 Å². The average molecular weight is 655 g/mol. The third kappa shape index (κ3) is 5.69. The number of imidazole rings is 1. The van der Waals surface area contributed by atoms with Crippen molar-refractivity contribution in [3.05, 3.63) is 106 Å². The molecule has 3 heterocycles. The molecule has 0 fully saturated rings. The third-order valence-corrected chi connectivity index (χ3v) is 9.34. The van der Waals surface area contributed by atoms with Gasteiger partial charge in [0.1, 0.15) is 29.9 Å². The van der Waals surface area contributed by atoms with Gasteiger partial charge in [-0.15, -0.1) is 11.3 Å². The van der Waals surface area contributed by atoms with Crippen LogP contribution in [0.2, 0.25) is 0 Å². The van der Waals surface area contributed by atoms with Crippen LogP contribution in [0.15, 0.2) is 84.9 Å². The lowest BCUT2D eigenvalue weighted by atomic mass is 9.79. The van der Waals surface area contributed by atoms with Gasteiger partial charge in [0.15, 0.2) is 16.6 Å². The zero-order valence-corrected chi connectivity index (χ0v) is 27.2. The number of anilines is 1. The van der Waals surface area contributed by atoms with Crippen molar-refractivity contribution in [3.8, 4) is 28.1 Å². The van der Waals surface area contributed by atoms with Crippen LogP contribution in [0.3, 0.4) is 0 Å². The summed E-state index contributed by atoms with van der Waals surface area (Å²) in [7, 11) is 1.62. The summed E-state index contributed by atoms with van der Waals surface area (Å²) in [6.07, 6.45) is 8.36. The highest BCUT2D eigenvalue weighted by atomic mass is 32.1. The van der Waals surface area contributed by atoms with Crippen molar-refractivity contribution in [1.29, 1.82) is 0 Å². The minimum absolute atomic E-state index is 0.0436. The summed E-state index contributed by atoms with van der Waals surface area (Å²) >= 11 is 1.36. The maximum absolute atomic E-state index is 12.4. The fraction of sp³-hybridized carbons (Fsp3) is 0.162. The first-order valence-corrected chi connectivity index (χ1v) is 16.2. The lowest BCUT2D eigenvalue weighted by Crippen LogP contribution is -2.40. The van der Waals surface area contributed by atoms with Crippen LogP contribution in [-0.4, -0.2) is 49.1 Å². The van der Waals surface area contributed by atoms with E-state index in [-0.39, 0.29) is 35.9 Å². The molecule has 0 saturated heterocycles. The normalized spacial score (nSPS) is 16.0. The molecule has 2 aliphatic rings. The summed E-state index contributed by atoms with van der Waals surface area (Å²) in [6.45, 7) is 3.99. The molecule has 2 aliphatic carbocycles. The number of hydrogen-bond donors (Lipinski definition) is 1. The molecule has 0 bridgehead atoms. The van der Waals surface area contributed by atoms with Gasteiger partial charge in [0, 0.05) is 28.3 Å². The number of thiazole rings is 1. The molecule has 1 amide bonds. The van der Waals surface area contributed by atoms with Gasteiger partial charge in [-0.2, -0.15) is 0 Å². The number of carbonyl (C=O) groups is 3. The van der Waals surface area contributed by atoms with E-state index in [0.717, 1.165) is 49.7 Å². The van der Waals surface area contributed by atoms with Gasteiger partial charge in [0.05, 0.1) is 25.3 Å². The van der Waals surface area contributed by atoms with Crippen molar-refractivity contribution in [1.82, 2.24) is 24.5 Å². The molecule has 10 nitrogen and oxygen atoms in total. The van der Waals surface area contributed by atoms with Crippen LogP contribution in [0, 0.1) is 5.92 Å². The number of hydrogen-bond acceptors (Lipinski definition) is 9. The fourth-order valence-electron chi connectivity index (χ4n) is 6.18. The van der Waals surface area contributed by atoms with Crippen molar-refractivity contribution in [2.45, 2.75) is 26.3 Å². The minimum atomic E-state index is -0.200. The summed E-state index contributed by atoms with van der Waals surface area (Å²) in [6, 6.07) is 19.4. The Kier molecular flexibility index (Phi) is 8.20. The van der Waals surface area contributed by atoms with E-state index >= 15 is 0 Å². The van der Waals surface area contributed by atoms with Crippen LogP contribution in [-0.2, 0) is 16.1 Å². The predicted molar refractivity (Wildman–Crippen MR) is 185 cm³/mol. The zero-order chi connectivity index (χ0) is 33.4. The molecule has 48 heavy (non-hydrogen) atoms. The monoisotopic (exact) mass is 654 g/mol. The molecule has 1 N–H and O–H groups in total. The van der Waals surface area contributed by atoms with E-state index in [1.807, 2.05) is 86.0 Å². The first kappa shape index (κ1) is 30.8. The summed E-state index contributed by atoms with van der Waals surface area (Å²) in [4.78, 5) is 53.6. The molecular formula is C37H30N6O4S. The second-order valence-electron chi connectivity index (χ2n) is 11.6. The summed E-state index contributed by atoms with van der Waals surface area (Å²) in [5.74, 6) is 0.613. The van der Waals surface area contributed by atoms with E-state index in [0.29, 0.717) is 16.3 Å². The van der Waals surface area contributed by atoms with Gasteiger partial charge in [-0.05, 0) is 45.3 Å². The van der Waals surface area contributed by atoms with Gasteiger partial charge < -0.3 is 14.6 Å². The Balaban J connectivity index is 0.000000154. The molecule has 2 unspecified atom stereocenters. The minimum Gasteiger partial charge on any atom is -0.496 e. The second-order valence-corrected chi connectivity index (χ2v) is 12.4. The van der Waals surface area contributed by atoms with Gasteiger partial charge in [-0.1, -0.05) is 68.5 Å². The maximum atomic E-state index is 12.4. The number of ketones is 2. The number of ether oxygens (including phenoxy) is 1. The van der Waals surface area contributed by atoms with Crippen molar-refractivity contribution in [2.24, 2.45) is 5.92 Å². The van der Waals surface area contributed by atoms with Crippen LogP contribution in [0.4, 0.5) is 5.13 Å². The van der Waals surface area contributed by atoms with E-state index < -0.39 is 0 Å². The lowest BCUT2D eigenvalue weighted by molar-refractivity contribution is -0.122. The molecule has 2 atom stereocenters. The zero-order valence-electron chi connectivity index (χ0n) is 26.4. The van der Waals surface area contributed by atoms with E-state index in [2.05, 4.69) is 25.3 Å². The highest BCUT2D eigenvalue weighted by Gasteiger charge is 2.27. The number of amides is 1. The number of Topliss-reactive ketones (excluding diaryl/α,β-unsaturated/α-hetero) is 2. The number of benzene rings is 3. The molecule has 0 spiro atoms. The molecular weight excluding hydrogens is 625 g/mol. The van der Waals surface area contributed by atoms with Crippen molar-refractivity contribution >= 4 is 57.3 Å². The molecule has 0 saturated carbocycles. The van der Waals surface area contributed by atoms with Gasteiger partial charge in [0.25, 0.3) is 0 Å². The molecule has 238 valence electrons. The van der Waals surface area contributed by atoms with Crippen LogP contribution < -0.4 is 20.5 Å². The first-order valence-electron chi connectivity index (χ1n) is 15.4. The first-order chi connectivity index (χ1) is 23.3. The van der Waals surface area contributed by atoms with Crippen molar-refractivity contribution < 1.29 is 19.1 Å². The summed E-state index contributed by atoms with van der Waals surface area (Å²) < 4.78 is 7.05. The quantitative estimate of drug-likeness (QED) is 0.274. The number of rotatable bonds is 5. The number of nitrogens with zero attached hydrogens (tertiary/aromatic N) is 5. The summed E-state index contributed by atoms with van der Waals surface area (Å²) in [5, 5.41) is 7.24. The van der Waals surface area contributed by atoms with Crippen LogP contribution in [0.25, 0.3) is 45.7 Å². The number of fused-ring (bicyclic) bond motifs is 6. The Hall–Kier alpha value is -5.81. The standard InChI is InChI=1S/C20H16O2.C17H14N6O2S/c1-11-9-17-13(12(2)20(11)22)7-8-15-14-5-3-4-6-16(14)19(21)10-18(15)17;1-25-14-5-3-2-4-11(14)12-8-26-17(21-12)22-15(24)7-23-10-20-16-13(23)6-18-9-19-16/h3-12H,1-2H3;2-6,8-10H,7H2,1H3,(H,21,22,24).